The van der Waals surface area contributed by atoms with Gasteiger partial charge < -0.3 is 15.1 Å². The third-order valence-corrected chi connectivity index (χ3v) is 5.49. The van der Waals surface area contributed by atoms with Gasteiger partial charge in [-0.1, -0.05) is 57.2 Å². The van der Waals surface area contributed by atoms with Gasteiger partial charge in [-0.25, -0.2) is 4.79 Å². The molecule has 1 saturated heterocycles. The molecule has 1 aliphatic heterocycles. The van der Waals surface area contributed by atoms with Crippen molar-refractivity contribution in [1.82, 2.24) is 9.88 Å². The molecule has 4 rings (SSSR count). The molecule has 5 nitrogen and oxygen atoms in total. The van der Waals surface area contributed by atoms with Crippen LogP contribution in [0.1, 0.15) is 26.3 Å². The van der Waals surface area contributed by atoms with Crippen LogP contribution in [-0.4, -0.2) is 42.1 Å². The Morgan fingerprint density at radius 1 is 0.931 bits per heavy atom. The summed E-state index contributed by atoms with van der Waals surface area (Å²) in [5.41, 5.74) is 4.29. The Morgan fingerprint density at radius 2 is 1.66 bits per heavy atom. The minimum absolute atomic E-state index is 0.0630. The molecule has 1 fully saturated rings. The third-order valence-electron chi connectivity index (χ3n) is 5.49. The van der Waals surface area contributed by atoms with Crippen LogP contribution in [0.25, 0.3) is 10.9 Å². The van der Waals surface area contributed by atoms with Crippen molar-refractivity contribution in [2.45, 2.75) is 26.2 Å². The fraction of sp³-hybridized carbons (Fsp3) is 0.333. The molecular weight excluding hydrogens is 360 g/mol. The molecule has 1 aliphatic rings. The minimum Gasteiger partial charge on any atom is -0.368 e. The molecule has 2 amide bonds. The van der Waals surface area contributed by atoms with Crippen LogP contribution in [0.15, 0.2) is 60.8 Å². The van der Waals surface area contributed by atoms with Crippen LogP contribution in [-0.2, 0) is 5.41 Å². The number of nitrogens with one attached hydrogen (secondary N) is 1. The number of hydrogen-bond donors (Lipinski definition) is 1. The number of nitrogens with zero attached hydrogens (tertiary/aromatic N) is 3. The molecule has 150 valence electrons. The van der Waals surface area contributed by atoms with Crippen molar-refractivity contribution in [2.75, 3.05) is 36.4 Å². The van der Waals surface area contributed by atoms with Crippen LogP contribution >= 0.6 is 0 Å². The summed E-state index contributed by atoms with van der Waals surface area (Å²) in [6, 6.07) is 18.3. The van der Waals surface area contributed by atoms with Gasteiger partial charge >= 0.3 is 6.03 Å². The Morgan fingerprint density at radius 3 is 2.41 bits per heavy atom. The molecule has 29 heavy (non-hydrogen) atoms. The lowest BCUT2D eigenvalue weighted by Gasteiger charge is -2.38. The van der Waals surface area contributed by atoms with E-state index in [1.54, 1.807) is 6.20 Å². The number of anilines is 2. The number of amides is 2. The van der Waals surface area contributed by atoms with E-state index in [0.29, 0.717) is 13.1 Å². The molecule has 0 unspecified atom stereocenters. The zero-order chi connectivity index (χ0) is 20.4. The third kappa shape index (κ3) is 4.04. The Hall–Kier alpha value is -3.08. The molecule has 3 aromatic rings. The predicted octanol–water partition coefficient (Wildman–Crippen LogP) is 4.89. The molecule has 0 atom stereocenters. The number of hydrogen-bond acceptors (Lipinski definition) is 3. The number of aromatic nitrogens is 1. The maximum atomic E-state index is 12.8. The summed E-state index contributed by atoms with van der Waals surface area (Å²) in [6.07, 6.45) is 1.75. The van der Waals surface area contributed by atoms with Crippen molar-refractivity contribution >= 4 is 28.3 Å². The molecule has 0 radical (unpaired) electrons. The van der Waals surface area contributed by atoms with Crippen LogP contribution in [0.4, 0.5) is 16.2 Å². The summed E-state index contributed by atoms with van der Waals surface area (Å²) in [4.78, 5) is 21.6. The SMILES string of the molecule is CC(C)(C)c1ccccc1N1CCN(C(=O)Nc2cccc3cccnc23)CC1. The van der Waals surface area contributed by atoms with E-state index in [9.17, 15) is 4.79 Å². The second-order valence-corrected chi connectivity index (χ2v) is 8.55. The summed E-state index contributed by atoms with van der Waals surface area (Å²) >= 11 is 0. The van der Waals surface area contributed by atoms with Gasteiger partial charge in [0.25, 0.3) is 0 Å². The summed E-state index contributed by atoms with van der Waals surface area (Å²) in [5.74, 6) is 0. The first-order valence-electron chi connectivity index (χ1n) is 10.2. The fourth-order valence-electron chi connectivity index (χ4n) is 3.93. The fourth-order valence-corrected chi connectivity index (χ4v) is 3.93. The molecule has 5 heteroatoms. The Bertz CT molecular complexity index is 1010. The van der Waals surface area contributed by atoms with Crippen LogP contribution in [0, 0.1) is 0 Å². The van der Waals surface area contributed by atoms with Gasteiger partial charge in [-0.05, 0) is 29.2 Å². The van der Waals surface area contributed by atoms with E-state index < -0.39 is 0 Å². The molecular formula is C24H28N4O. The van der Waals surface area contributed by atoms with Crippen molar-refractivity contribution < 1.29 is 4.79 Å². The van der Waals surface area contributed by atoms with E-state index in [1.807, 2.05) is 35.2 Å². The van der Waals surface area contributed by atoms with Crippen LogP contribution in [0.3, 0.4) is 0 Å². The van der Waals surface area contributed by atoms with Crippen LogP contribution in [0.5, 0.6) is 0 Å². The smallest absolute Gasteiger partial charge is 0.322 e. The lowest BCUT2D eigenvalue weighted by atomic mass is 9.85. The van der Waals surface area contributed by atoms with Gasteiger partial charge in [-0.3, -0.25) is 4.98 Å². The number of fused-ring (bicyclic) bond motifs is 1. The van der Waals surface area contributed by atoms with Crippen molar-refractivity contribution in [1.29, 1.82) is 0 Å². The van der Waals surface area contributed by atoms with E-state index >= 15 is 0 Å². The van der Waals surface area contributed by atoms with Gasteiger partial charge in [-0.15, -0.1) is 0 Å². The van der Waals surface area contributed by atoms with Gasteiger partial charge in [0.05, 0.1) is 11.2 Å². The van der Waals surface area contributed by atoms with Crippen molar-refractivity contribution in [2.24, 2.45) is 0 Å². The first kappa shape index (κ1) is 19.2. The summed E-state index contributed by atoms with van der Waals surface area (Å²) in [7, 11) is 0. The zero-order valence-electron chi connectivity index (χ0n) is 17.4. The van der Waals surface area contributed by atoms with E-state index in [4.69, 9.17) is 0 Å². The molecule has 1 N–H and O–H groups in total. The highest BCUT2D eigenvalue weighted by molar-refractivity contribution is 5.99. The molecule has 1 aromatic heterocycles. The summed E-state index contributed by atoms with van der Waals surface area (Å²) in [5, 5.41) is 4.07. The van der Waals surface area contributed by atoms with Gasteiger partial charge in [-0.2, -0.15) is 0 Å². The van der Waals surface area contributed by atoms with E-state index in [2.05, 4.69) is 60.2 Å². The van der Waals surface area contributed by atoms with Crippen molar-refractivity contribution in [3.05, 3.63) is 66.4 Å². The maximum Gasteiger partial charge on any atom is 0.322 e. The van der Waals surface area contributed by atoms with E-state index in [-0.39, 0.29) is 11.4 Å². The highest BCUT2D eigenvalue weighted by atomic mass is 16.2. The molecule has 2 heterocycles. The van der Waals surface area contributed by atoms with Crippen molar-refractivity contribution in [3.8, 4) is 0 Å². The number of piperazine rings is 1. The summed E-state index contributed by atoms with van der Waals surface area (Å²) in [6.45, 7) is 9.78. The Balaban J connectivity index is 1.44. The van der Waals surface area contributed by atoms with E-state index in [1.165, 1.54) is 11.3 Å². The number of rotatable bonds is 2. The van der Waals surface area contributed by atoms with Gasteiger partial charge in [0.1, 0.15) is 0 Å². The summed E-state index contributed by atoms with van der Waals surface area (Å²) < 4.78 is 0. The average Bonchev–Trinajstić information content (AvgIpc) is 2.73. The molecule has 0 bridgehead atoms. The molecule has 2 aromatic carbocycles. The van der Waals surface area contributed by atoms with Crippen LogP contribution in [0.2, 0.25) is 0 Å². The average molecular weight is 389 g/mol. The largest absolute Gasteiger partial charge is 0.368 e. The number of carbonyl (C=O) groups is 1. The number of carbonyl (C=O) groups excluding carboxylic acids is 1. The standard InChI is InChI=1S/C24H28N4O/c1-24(2,3)19-10-4-5-12-21(19)27-14-16-28(17-15-27)23(29)26-20-11-6-8-18-9-7-13-25-22(18)20/h4-13H,14-17H2,1-3H3,(H,26,29). The first-order valence-corrected chi connectivity index (χ1v) is 10.2. The van der Waals surface area contributed by atoms with Crippen LogP contribution < -0.4 is 10.2 Å². The highest BCUT2D eigenvalue weighted by Crippen LogP contribution is 2.32. The molecule has 0 saturated carbocycles. The number of urea groups is 1. The lowest BCUT2D eigenvalue weighted by Crippen LogP contribution is -2.50. The Kier molecular flexibility index (Phi) is 5.14. The van der Waals surface area contributed by atoms with Crippen molar-refractivity contribution in [3.63, 3.8) is 0 Å². The second kappa shape index (κ2) is 7.74. The highest BCUT2D eigenvalue weighted by Gasteiger charge is 2.25. The van der Waals surface area contributed by atoms with Gasteiger partial charge in [0.15, 0.2) is 0 Å². The zero-order valence-corrected chi connectivity index (χ0v) is 17.4. The first-order chi connectivity index (χ1) is 13.9. The monoisotopic (exact) mass is 388 g/mol. The lowest BCUT2D eigenvalue weighted by molar-refractivity contribution is 0.208. The van der Waals surface area contributed by atoms with E-state index in [0.717, 1.165) is 29.7 Å². The number of para-hydroxylation sites is 2. The topological polar surface area (TPSA) is 48.5 Å². The number of pyridine rings is 1. The normalized spacial score (nSPS) is 14.9. The maximum absolute atomic E-state index is 12.8. The van der Waals surface area contributed by atoms with Gasteiger partial charge in [0, 0.05) is 43.4 Å². The second-order valence-electron chi connectivity index (χ2n) is 8.55. The predicted molar refractivity (Wildman–Crippen MR) is 120 cm³/mol. The minimum atomic E-state index is -0.0630. The number of benzene rings is 2. The Labute approximate surface area is 172 Å². The van der Waals surface area contributed by atoms with Gasteiger partial charge in [0.2, 0.25) is 0 Å². The molecule has 0 aliphatic carbocycles. The quantitative estimate of drug-likeness (QED) is 0.680. The molecule has 0 spiro atoms.